The number of para-hydroxylation sites is 4. The smallest absolute Gasteiger partial charge is 0.0731 e. The van der Waals surface area contributed by atoms with Gasteiger partial charge in [0.15, 0.2) is 0 Å². The van der Waals surface area contributed by atoms with Gasteiger partial charge < -0.3 is 9.13 Å². The van der Waals surface area contributed by atoms with Gasteiger partial charge in [-0.1, -0.05) is 224 Å². The largest absolute Gasteiger partial charge is 0.309 e. The SMILES string of the molecule is c1ccc(-n2c3ccccc3c3c(-c4cccc5c(-c6cccc7c6C6(c8ccccc8-c8ccccc86)c6ccccc6-7)c6cccc(-c7cccc8c7c7ccccc7n8-c7ccccc7)c6cc45)cccc32)cc1. The lowest BCUT2D eigenvalue weighted by Gasteiger charge is -2.32. The summed E-state index contributed by atoms with van der Waals surface area (Å²) in [5.74, 6) is 0. The van der Waals surface area contributed by atoms with Crippen LogP contribution in [0.5, 0.6) is 0 Å². The van der Waals surface area contributed by atoms with Crippen LogP contribution in [0.2, 0.25) is 0 Å². The molecule has 2 heterocycles. The van der Waals surface area contributed by atoms with Crippen LogP contribution in [0.15, 0.2) is 279 Å². The van der Waals surface area contributed by atoms with Gasteiger partial charge in [-0.3, -0.25) is 0 Å². The second-order valence-corrected chi connectivity index (χ2v) is 20.9. The third-order valence-corrected chi connectivity index (χ3v) is 17.3. The number of nitrogens with zero attached hydrogens (tertiary/aromatic N) is 2. The Labute approximate surface area is 445 Å². The van der Waals surface area contributed by atoms with Crippen molar-refractivity contribution in [3.63, 3.8) is 0 Å². The van der Waals surface area contributed by atoms with Crippen LogP contribution in [0.3, 0.4) is 0 Å². The molecule has 0 saturated carbocycles. The summed E-state index contributed by atoms with van der Waals surface area (Å²) in [6.45, 7) is 0. The maximum atomic E-state index is 2.54. The molecule has 15 aromatic rings. The molecule has 0 bridgehead atoms. The van der Waals surface area contributed by atoms with E-state index in [0.29, 0.717) is 0 Å². The Morgan fingerprint density at radius 1 is 0.221 bits per heavy atom. The lowest BCUT2D eigenvalue weighted by molar-refractivity contribution is 0.796. The van der Waals surface area contributed by atoms with E-state index in [9.17, 15) is 0 Å². The lowest BCUT2D eigenvalue weighted by atomic mass is 9.68. The molecule has 0 atom stereocenters. The predicted molar refractivity (Wildman–Crippen MR) is 323 cm³/mol. The molecule has 13 aromatic carbocycles. The highest BCUT2D eigenvalue weighted by molar-refractivity contribution is 6.25. The maximum absolute atomic E-state index is 2.54. The van der Waals surface area contributed by atoms with Crippen LogP contribution >= 0.6 is 0 Å². The standard InChI is InChI=1S/C75H46N2/c1-3-22-47(23-4-1)76-67-42-15-10-29-59(67)72-54(35-20-44-69(72)76)49-31-17-33-56-62(49)46-63-50(55-36-21-45-70-73(55)60-30-11-16-43-68(60)77(70)48-24-5-2-6-25-48)32-18-34-57(63)71(56)61-38-19-37-58-53-28-9-14-41-66(53)75(74(58)61)64-39-12-7-26-51(64)52-27-8-13-40-65(52)75/h1-46H. The van der Waals surface area contributed by atoms with Gasteiger partial charge in [-0.15, -0.1) is 0 Å². The van der Waals surface area contributed by atoms with Crippen molar-refractivity contribution < 1.29 is 0 Å². The molecule has 2 nitrogen and oxygen atoms in total. The Balaban J connectivity index is 1.04. The van der Waals surface area contributed by atoms with Crippen LogP contribution in [0.1, 0.15) is 22.3 Å². The van der Waals surface area contributed by atoms with Crippen molar-refractivity contribution in [1.82, 2.24) is 9.13 Å². The summed E-state index contributed by atoms with van der Waals surface area (Å²) in [6, 6.07) is 105. The quantitative estimate of drug-likeness (QED) is 0.152. The topological polar surface area (TPSA) is 9.86 Å². The second-order valence-electron chi connectivity index (χ2n) is 20.9. The Morgan fingerprint density at radius 2 is 0.558 bits per heavy atom. The van der Waals surface area contributed by atoms with Crippen LogP contribution in [0, 0.1) is 0 Å². The van der Waals surface area contributed by atoms with Gasteiger partial charge in [-0.05, 0) is 154 Å². The molecule has 0 radical (unpaired) electrons. The first-order valence-corrected chi connectivity index (χ1v) is 26.8. The van der Waals surface area contributed by atoms with E-state index in [-0.39, 0.29) is 0 Å². The lowest BCUT2D eigenvalue weighted by Crippen LogP contribution is -2.26. The molecule has 0 N–H and O–H groups in total. The normalized spacial score (nSPS) is 13.0. The zero-order valence-corrected chi connectivity index (χ0v) is 42.0. The molecule has 0 amide bonds. The van der Waals surface area contributed by atoms with Gasteiger partial charge in [-0.2, -0.15) is 0 Å². The van der Waals surface area contributed by atoms with Gasteiger partial charge in [0.25, 0.3) is 0 Å². The molecule has 2 aliphatic carbocycles. The number of fused-ring (bicyclic) bond motifs is 18. The van der Waals surface area contributed by atoms with Crippen molar-refractivity contribution in [2.45, 2.75) is 5.41 Å². The summed E-state index contributed by atoms with van der Waals surface area (Å²) >= 11 is 0. The van der Waals surface area contributed by atoms with Gasteiger partial charge in [0.1, 0.15) is 0 Å². The van der Waals surface area contributed by atoms with Crippen molar-refractivity contribution in [2.75, 3.05) is 0 Å². The van der Waals surface area contributed by atoms with E-state index in [4.69, 9.17) is 0 Å². The summed E-state index contributed by atoms with van der Waals surface area (Å²) in [7, 11) is 0. The molecular weight excluding hydrogens is 929 g/mol. The van der Waals surface area contributed by atoms with E-state index < -0.39 is 5.41 Å². The Morgan fingerprint density at radius 3 is 1.06 bits per heavy atom. The van der Waals surface area contributed by atoms with Crippen LogP contribution in [0.4, 0.5) is 0 Å². The number of benzene rings is 13. The summed E-state index contributed by atoms with van der Waals surface area (Å²) in [5, 5.41) is 9.88. The van der Waals surface area contributed by atoms with E-state index in [1.54, 1.807) is 0 Å². The fraction of sp³-hybridized carbons (Fsp3) is 0.0133. The average Bonchev–Trinajstić information content (AvgIpc) is 4.38. The van der Waals surface area contributed by atoms with E-state index in [1.807, 2.05) is 0 Å². The van der Waals surface area contributed by atoms with Crippen LogP contribution in [-0.2, 0) is 5.41 Å². The average molecular weight is 975 g/mol. The van der Waals surface area contributed by atoms with Gasteiger partial charge in [-0.25, -0.2) is 0 Å². The van der Waals surface area contributed by atoms with Crippen molar-refractivity contribution in [3.8, 4) is 67.0 Å². The number of aromatic nitrogens is 2. The van der Waals surface area contributed by atoms with Crippen LogP contribution in [0.25, 0.3) is 132 Å². The molecule has 2 aliphatic rings. The summed E-state index contributed by atoms with van der Waals surface area (Å²) in [5.41, 5.74) is 24.5. The van der Waals surface area contributed by atoms with Crippen LogP contribution < -0.4 is 0 Å². The molecule has 17 rings (SSSR count). The molecule has 77 heavy (non-hydrogen) atoms. The molecule has 0 aliphatic heterocycles. The highest BCUT2D eigenvalue weighted by Crippen LogP contribution is 2.65. The van der Waals surface area contributed by atoms with Crippen molar-refractivity contribution in [2.24, 2.45) is 0 Å². The van der Waals surface area contributed by atoms with Gasteiger partial charge in [0, 0.05) is 32.9 Å². The van der Waals surface area contributed by atoms with Crippen molar-refractivity contribution in [3.05, 3.63) is 301 Å². The zero-order chi connectivity index (χ0) is 50.3. The van der Waals surface area contributed by atoms with E-state index >= 15 is 0 Å². The number of rotatable bonds is 5. The molecule has 0 fully saturated rings. The first kappa shape index (κ1) is 42.3. The minimum atomic E-state index is -0.546. The van der Waals surface area contributed by atoms with E-state index in [1.165, 1.54) is 143 Å². The molecule has 356 valence electrons. The molecular formula is C75H46N2. The fourth-order valence-corrected chi connectivity index (χ4v) is 14.5. The summed E-state index contributed by atoms with van der Waals surface area (Å²) in [4.78, 5) is 0. The molecule has 0 unspecified atom stereocenters. The fourth-order valence-electron chi connectivity index (χ4n) is 14.5. The Bertz CT molecular complexity index is 4700. The molecule has 2 aromatic heterocycles. The van der Waals surface area contributed by atoms with Gasteiger partial charge >= 0.3 is 0 Å². The summed E-state index contributed by atoms with van der Waals surface area (Å²) < 4.78 is 4.87. The second kappa shape index (κ2) is 16.0. The molecule has 2 heteroatoms. The Hall–Kier alpha value is -10.0. The highest BCUT2D eigenvalue weighted by atomic mass is 15.0. The third-order valence-electron chi connectivity index (χ3n) is 17.3. The molecule has 0 saturated heterocycles. The van der Waals surface area contributed by atoms with Crippen molar-refractivity contribution >= 4 is 65.2 Å². The predicted octanol–water partition coefficient (Wildman–Crippen LogP) is 19.5. The number of hydrogen-bond acceptors (Lipinski definition) is 0. The Kier molecular flexibility index (Phi) is 8.80. The zero-order valence-electron chi connectivity index (χ0n) is 42.0. The van der Waals surface area contributed by atoms with Crippen molar-refractivity contribution in [1.29, 1.82) is 0 Å². The highest BCUT2D eigenvalue weighted by Gasteiger charge is 2.52. The number of hydrogen-bond donors (Lipinski definition) is 0. The minimum Gasteiger partial charge on any atom is -0.309 e. The third kappa shape index (κ3) is 5.63. The van der Waals surface area contributed by atoms with E-state index in [0.717, 1.165) is 11.4 Å². The maximum Gasteiger partial charge on any atom is 0.0731 e. The van der Waals surface area contributed by atoms with Crippen LogP contribution in [-0.4, -0.2) is 9.13 Å². The summed E-state index contributed by atoms with van der Waals surface area (Å²) in [6.07, 6.45) is 0. The first-order chi connectivity index (χ1) is 38.3. The minimum absolute atomic E-state index is 0.546. The first-order valence-electron chi connectivity index (χ1n) is 26.8. The van der Waals surface area contributed by atoms with E-state index in [2.05, 4.69) is 288 Å². The molecule has 1 spiro atoms. The monoisotopic (exact) mass is 974 g/mol. The van der Waals surface area contributed by atoms with Gasteiger partial charge in [0.2, 0.25) is 0 Å². The van der Waals surface area contributed by atoms with Gasteiger partial charge in [0.05, 0.1) is 27.5 Å².